The van der Waals surface area contributed by atoms with Crippen molar-refractivity contribution in [1.82, 2.24) is 5.43 Å². The Balaban J connectivity index is 1.54. The molecule has 142 valence electrons. The molecule has 0 aromatic heterocycles. The molecule has 0 atom stereocenters. The van der Waals surface area contributed by atoms with Crippen molar-refractivity contribution in [2.75, 3.05) is 7.11 Å². The maximum atomic E-state index is 12.2. The molecule has 0 fully saturated rings. The summed E-state index contributed by atoms with van der Waals surface area (Å²) in [5.41, 5.74) is 4.68. The molecule has 3 aromatic rings. The van der Waals surface area contributed by atoms with E-state index in [0.717, 1.165) is 16.9 Å². The highest BCUT2D eigenvalue weighted by Crippen LogP contribution is 2.17. The Labute approximate surface area is 168 Å². The Morgan fingerprint density at radius 2 is 1.82 bits per heavy atom. The second-order valence-electron chi connectivity index (χ2n) is 5.89. The first kappa shape index (κ1) is 19.5. The predicted octanol–water partition coefficient (Wildman–Crippen LogP) is 4.69. The molecule has 3 rings (SSSR count). The fourth-order valence-corrected chi connectivity index (χ4v) is 2.62. The molecule has 3 aromatic carbocycles. The number of carbonyl (C=O) groups excluding carboxylic acids is 1. The van der Waals surface area contributed by atoms with Crippen LogP contribution >= 0.6 is 11.6 Å². The van der Waals surface area contributed by atoms with Gasteiger partial charge in [-0.05, 0) is 48.0 Å². The average Bonchev–Trinajstić information content (AvgIpc) is 2.74. The molecule has 0 aliphatic rings. The monoisotopic (exact) mass is 394 g/mol. The standard InChI is InChI=1S/C22H19ClN2O3/c1-27-20-7-4-5-16(13-20)15-28-19-11-9-17(10-12-19)22(26)25-24-14-18-6-2-3-8-21(18)23/h2-14H,15H2,1H3,(H,25,26)/b24-14-. The zero-order valence-corrected chi connectivity index (χ0v) is 16.0. The van der Waals surface area contributed by atoms with E-state index < -0.39 is 0 Å². The minimum absolute atomic E-state index is 0.317. The first-order chi connectivity index (χ1) is 13.7. The van der Waals surface area contributed by atoms with Gasteiger partial charge in [0.25, 0.3) is 5.91 Å². The summed E-state index contributed by atoms with van der Waals surface area (Å²) >= 11 is 6.04. The van der Waals surface area contributed by atoms with Crippen molar-refractivity contribution in [3.63, 3.8) is 0 Å². The summed E-state index contributed by atoms with van der Waals surface area (Å²) in [6.45, 7) is 0.408. The van der Waals surface area contributed by atoms with Crippen LogP contribution in [0.3, 0.4) is 0 Å². The molecule has 0 radical (unpaired) electrons. The van der Waals surface area contributed by atoms with E-state index >= 15 is 0 Å². The van der Waals surface area contributed by atoms with Gasteiger partial charge in [0.05, 0.1) is 13.3 Å². The van der Waals surface area contributed by atoms with Crippen LogP contribution in [0.15, 0.2) is 77.9 Å². The van der Waals surface area contributed by atoms with Crippen LogP contribution in [0.4, 0.5) is 0 Å². The predicted molar refractivity (Wildman–Crippen MR) is 110 cm³/mol. The Hall–Kier alpha value is -3.31. The molecule has 5 nitrogen and oxygen atoms in total. The second-order valence-corrected chi connectivity index (χ2v) is 6.29. The number of methoxy groups -OCH3 is 1. The van der Waals surface area contributed by atoms with Crippen molar-refractivity contribution in [3.05, 3.63) is 94.5 Å². The van der Waals surface area contributed by atoms with E-state index in [4.69, 9.17) is 21.1 Å². The zero-order chi connectivity index (χ0) is 19.8. The number of rotatable bonds is 7. The van der Waals surface area contributed by atoms with Gasteiger partial charge in [0.1, 0.15) is 18.1 Å². The highest BCUT2D eigenvalue weighted by molar-refractivity contribution is 6.33. The van der Waals surface area contributed by atoms with E-state index in [1.54, 1.807) is 37.4 Å². The van der Waals surface area contributed by atoms with Crippen molar-refractivity contribution >= 4 is 23.7 Å². The van der Waals surface area contributed by atoms with Gasteiger partial charge in [-0.1, -0.05) is 41.9 Å². The lowest BCUT2D eigenvalue weighted by atomic mass is 10.2. The fourth-order valence-electron chi connectivity index (χ4n) is 2.44. The van der Waals surface area contributed by atoms with Gasteiger partial charge in [0.15, 0.2) is 0 Å². The highest BCUT2D eigenvalue weighted by Gasteiger charge is 2.05. The van der Waals surface area contributed by atoms with Gasteiger partial charge in [-0.3, -0.25) is 4.79 Å². The third-order valence-electron chi connectivity index (χ3n) is 3.93. The number of ether oxygens (including phenoxy) is 2. The van der Waals surface area contributed by atoms with Gasteiger partial charge in [-0.25, -0.2) is 5.43 Å². The Kier molecular flexibility index (Phi) is 6.65. The summed E-state index contributed by atoms with van der Waals surface area (Å²) in [4.78, 5) is 12.2. The third kappa shape index (κ3) is 5.34. The van der Waals surface area contributed by atoms with Gasteiger partial charge in [0.2, 0.25) is 0 Å². The summed E-state index contributed by atoms with van der Waals surface area (Å²) in [5, 5.41) is 4.51. The van der Waals surface area contributed by atoms with Crippen LogP contribution in [0.5, 0.6) is 11.5 Å². The van der Waals surface area contributed by atoms with E-state index in [1.165, 1.54) is 6.21 Å². The van der Waals surface area contributed by atoms with Crippen LogP contribution in [0.2, 0.25) is 5.02 Å². The molecule has 6 heteroatoms. The molecule has 0 spiro atoms. The van der Waals surface area contributed by atoms with Gasteiger partial charge >= 0.3 is 0 Å². The Morgan fingerprint density at radius 3 is 2.57 bits per heavy atom. The highest BCUT2D eigenvalue weighted by atomic mass is 35.5. The molecule has 1 N–H and O–H groups in total. The van der Waals surface area contributed by atoms with E-state index in [2.05, 4.69) is 10.5 Å². The van der Waals surface area contributed by atoms with E-state index in [1.807, 2.05) is 42.5 Å². The van der Waals surface area contributed by atoms with Crippen molar-refractivity contribution in [3.8, 4) is 11.5 Å². The molecule has 0 bridgehead atoms. The smallest absolute Gasteiger partial charge is 0.271 e. The van der Waals surface area contributed by atoms with Gasteiger partial charge in [0, 0.05) is 16.1 Å². The van der Waals surface area contributed by atoms with Gasteiger partial charge in [-0.15, -0.1) is 0 Å². The number of benzene rings is 3. The van der Waals surface area contributed by atoms with Crippen LogP contribution in [0, 0.1) is 0 Å². The van der Waals surface area contributed by atoms with Gasteiger partial charge < -0.3 is 9.47 Å². The number of halogens is 1. The largest absolute Gasteiger partial charge is 0.497 e. The van der Waals surface area contributed by atoms with Crippen molar-refractivity contribution in [1.29, 1.82) is 0 Å². The lowest BCUT2D eigenvalue weighted by Crippen LogP contribution is -2.17. The first-order valence-electron chi connectivity index (χ1n) is 8.59. The normalized spacial score (nSPS) is 10.6. The van der Waals surface area contributed by atoms with E-state index in [-0.39, 0.29) is 5.91 Å². The number of carbonyl (C=O) groups is 1. The van der Waals surface area contributed by atoms with Crippen LogP contribution in [-0.4, -0.2) is 19.2 Å². The van der Waals surface area contributed by atoms with Crippen molar-refractivity contribution in [2.24, 2.45) is 5.10 Å². The minimum atomic E-state index is -0.317. The number of hydrogen-bond donors (Lipinski definition) is 1. The maximum absolute atomic E-state index is 12.2. The molecule has 0 aliphatic carbocycles. The molecule has 1 amide bonds. The quantitative estimate of drug-likeness (QED) is 0.467. The molecular formula is C22H19ClN2O3. The summed E-state index contributed by atoms with van der Waals surface area (Å²) in [5.74, 6) is 1.13. The average molecular weight is 395 g/mol. The van der Waals surface area contributed by atoms with Crippen LogP contribution in [0.25, 0.3) is 0 Å². The Morgan fingerprint density at radius 1 is 1.04 bits per heavy atom. The van der Waals surface area contributed by atoms with Crippen molar-refractivity contribution < 1.29 is 14.3 Å². The van der Waals surface area contributed by atoms with Crippen molar-refractivity contribution in [2.45, 2.75) is 6.61 Å². The fraction of sp³-hybridized carbons (Fsp3) is 0.0909. The van der Waals surface area contributed by atoms with Gasteiger partial charge in [-0.2, -0.15) is 5.10 Å². The summed E-state index contributed by atoms with van der Waals surface area (Å²) < 4.78 is 10.9. The SMILES string of the molecule is COc1cccc(COc2ccc(C(=O)N/N=C\c3ccccc3Cl)cc2)c1. The summed E-state index contributed by atoms with van der Waals surface area (Å²) in [6, 6.07) is 21.8. The third-order valence-corrected chi connectivity index (χ3v) is 4.28. The lowest BCUT2D eigenvalue weighted by Gasteiger charge is -2.08. The minimum Gasteiger partial charge on any atom is -0.497 e. The van der Waals surface area contributed by atoms with Crippen LogP contribution in [0.1, 0.15) is 21.5 Å². The molecule has 0 aliphatic heterocycles. The Bertz CT molecular complexity index is 972. The lowest BCUT2D eigenvalue weighted by molar-refractivity contribution is 0.0955. The molecule has 0 heterocycles. The number of nitrogens with one attached hydrogen (secondary N) is 1. The topological polar surface area (TPSA) is 59.9 Å². The maximum Gasteiger partial charge on any atom is 0.271 e. The molecular weight excluding hydrogens is 376 g/mol. The number of hydrazone groups is 1. The number of nitrogens with zero attached hydrogens (tertiary/aromatic N) is 1. The van der Waals surface area contributed by atoms with E-state index in [9.17, 15) is 4.79 Å². The summed E-state index contributed by atoms with van der Waals surface area (Å²) in [7, 11) is 1.63. The zero-order valence-electron chi connectivity index (χ0n) is 15.3. The number of hydrogen-bond acceptors (Lipinski definition) is 4. The molecule has 28 heavy (non-hydrogen) atoms. The molecule has 0 saturated heterocycles. The molecule has 0 saturated carbocycles. The van der Waals surface area contributed by atoms with Crippen LogP contribution in [-0.2, 0) is 6.61 Å². The van der Waals surface area contributed by atoms with E-state index in [0.29, 0.717) is 22.9 Å². The molecule has 0 unspecified atom stereocenters. The second kappa shape index (κ2) is 9.58. The van der Waals surface area contributed by atoms with Crippen LogP contribution < -0.4 is 14.9 Å². The summed E-state index contributed by atoms with van der Waals surface area (Å²) in [6.07, 6.45) is 1.51. The first-order valence-corrected chi connectivity index (χ1v) is 8.97. The number of amides is 1.